The molecule has 0 unspecified atom stereocenters. The Morgan fingerprint density at radius 3 is 1.98 bits per heavy atom. The van der Waals surface area contributed by atoms with Crippen LogP contribution >= 0.6 is 23.2 Å². The van der Waals surface area contributed by atoms with Crippen molar-refractivity contribution in [3.05, 3.63) is 130 Å². The van der Waals surface area contributed by atoms with Crippen molar-refractivity contribution in [3.8, 4) is 0 Å². The first kappa shape index (κ1) is 36.0. The summed E-state index contributed by atoms with van der Waals surface area (Å²) in [7, 11) is -4.18. The van der Waals surface area contributed by atoms with Crippen LogP contribution in [0.2, 0.25) is 10.0 Å². The second kappa shape index (κ2) is 16.3. The molecule has 47 heavy (non-hydrogen) atoms. The average Bonchev–Trinajstić information content (AvgIpc) is 3.07. The fraction of sp³-hybridized carbons (Fsp3) is 0.297. The summed E-state index contributed by atoms with van der Waals surface area (Å²) in [5.41, 5.74) is 2.86. The summed E-state index contributed by atoms with van der Waals surface area (Å²) in [6, 6.07) is 28.5. The molecule has 2 amide bonds. The number of hydrogen-bond acceptors (Lipinski definition) is 4. The summed E-state index contributed by atoms with van der Waals surface area (Å²) in [6.07, 6.45) is 0.907. The van der Waals surface area contributed by atoms with E-state index >= 15 is 0 Å². The maximum absolute atomic E-state index is 14.6. The predicted octanol–water partition coefficient (Wildman–Crippen LogP) is 7.87. The maximum Gasteiger partial charge on any atom is 0.264 e. The van der Waals surface area contributed by atoms with Crippen molar-refractivity contribution in [1.29, 1.82) is 0 Å². The minimum atomic E-state index is -4.18. The number of nitrogens with zero attached hydrogens (tertiary/aromatic N) is 2. The highest BCUT2D eigenvalue weighted by Crippen LogP contribution is 2.28. The Bertz CT molecular complexity index is 1750. The molecule has 0 spiro atoms. The molecule has 4 rings (SSSR count). The Morgan fingerprint density at radius 1 is 0.787 bits per heavy atom. The van der Waals surface area contributed by atoms with Gasteiger partial charge < -0.3 is 10.2 Å². The van der Waals surface area contributed by atoms with Gasteiger partial charge in [0.2, 0.25) is 11.8 Å². The zero-order valence-corrected chi connectivity index (χ0v) is 29.4. The second-order valence-electron chi connectivity index (χ2n) is 11.9. The summed E-state index contributed by atoms with van der Waals surface area (Å²) >= 11 is 12.6. The van der Waals surface area contributed by atoms with E-state index in [-0.39, 0.29) is 35.7 Å². The van der Waals surface area contributed by atoms with Crippen LogP contribution in [0.5, 0.6) is 0 Å². The molecular formula is C37H41Cl2N3O4S. The summed E-state index contributed by atoms with van der Waals surface area (Å²) in [6.45, 7) is 7.42. The molecule has 2 atom stereocenters. The van der Waals surface area contributed by atoms with Crippen molar-refractivity contribution >= 4 is 50.7 Å². The van der Waals surface area contributed by atoms with Crippen LogP contribution in [-0.4, -0.2) is 43.8 Å². The van der Waals surface area contributed by atoms with Gasteiger partial charge in [0.05, 0.1) is 20.6 Å². The Kier molecular flexibility index (Phi) is 12.5. The van der Waals surface area contributed by atoms with E-state index in [1.165, 1.54) is 17.0 Å². The maximum atomic E-state index is 14.6. The number of rotatable bonds is 14. The number of nitrogens with one attached hydrogen (secondary N) is 1. The van der Waals surface area contributed by atoms with Crippen LogP contribution in [0.3, 0.4) is 0 Å². The molecule has 0 aliphatic carbocycles. The van der Waals surface area contributed by atoms with E-state index in [0.29, 0.717) is 27.7 Å². The molecule has 0 radical (unpaired) electrons. The first-order valence-electron chi connectivity index (χ1n) is 15.7. The molecular weight excluding hydrogens is 653 g/mol. The fourth-order valence-corrected chi connectivity index (χ4v) is 6.86. The number of amides is 2. The van der Waals surface area contributed by atoms with Crippen LogP contribution in [0.1, 0.15) is 56.7 Å². The van der Waals surface area contributed by atoms with Crippen molar-refractivity contribution in [2.45, 2.75) is 70.0 Å². The third-order valence-corrected chi connectivity index (χ3v) is 10.6. The number of halogens is 2. The van der Waals surface area contributed by atoms with Crippen LogP contribution in [-0.2, 0) is 32.6 Å². The molecule has 248 valence electrons. The first-order valence-corrected chi connectivity index (χ1v) is 17.9. The van der Waals surface area contributed by atoms with Crippen molar-refractivity contribution in [2.24, 2.45) is 0 Å². The third-order valence-electron chi connectivity index (χ3n) is 8.07. The van der Waals surface area contributed by atoms with E-state index in [0.717, 1.165) is 15.4 Å². The zero-order chi connectivity index (χ0) is 34.1. The van der Waals surface area contributed by atoms with Gasteiger partial charge in [-0.2, -0.15) is 0 Å². The Morgan fingerprint density at radius 2 is 1.40 bits per heavy atom. The number of carbonyl (C=O) groups is 2. The van der Waals surface area contributed by atoms with Gasteiger partial charge in [-0.3, -0.25) is 13.9 Å². The van der Waals surface area contributed by atoms with Gasteiger partial charge in [0.1, 0.15) is 12.6 Å². The van der Waals surface area contributed by atoms with Gasteiger partial charge in [-0.1, -0.05) is 111 Å². The highest BCUT2D eigenvalue weighted by atomic mass is 35.5. The normalized spacial score (nSPS) is 12.7. The van der Waals surface area contributed by atoms with Crippen LogP contribution in [0.4, 0.5) is 5.69 Å². The molecule has 0 aromatic heterocycles. The topological polar surface area (TPSA) is 86.8 Å². The molecule has 4 aromatic rings. The highest BCUT2D eigenvalue weighted by Gasteiger charge is 2.35. The predicted molar refractivity (Wildman–Crippen MR) is 190 cm³/mol. The van der Waals surface area contributed by atoms with Crippen LogP contribution in [0.15, 0.2) is 108 Å². The van der Waals surface area contributed by atoms with Gasteiger partial charge in [0, 0.05) is 19.0 Å². The Labute approximate surface area is 288 Å². The van der Waals surface area contributed by atoms with E-state index in [2.05, 4.69) is 19.2 Å². The second-order valence-corrected chi connectivity index (χ2v) is 14.5. The van der Waals surface area contributed by atoms with Gasteiger partial charge in [0.15, 0.2) is 0 Å². The van der Waals surface area contributed by atoms with Gasteiger partial charge in [-0.25, -0.2) is 8.42 Å². The molecule has 1 N–H and O–H groups in total. The lowest BCUT2D eigenvalue weighted by molar-refractivity contribution is -0.140. The number of benzene rings is 4. The van der Waals surface area contributed by atoms with E-state index in [4.69, 9.17) is 23.2 Å². The van der Waals surface area contributed by atoms with E-state index in [1.54, 1.807) is 48.5 Å². The molecule has 0 heterocycles. The Hall–Kier alpha value is -3.85. The van der Waals surface area contributed by atoms with Crippen molar-refractivity contribution in [3.63, 3.8) is 0 Å². The fourth-order valence-electron chi connectivity index (χ4n) is 5.10. The monoisotopic (exact) mass is 693 g/mol. The number of anilines is 1. The van der Waals surface area contributed by atoms with Crippen molar-refractivity contribution in [1.82, 2.24) is 10.2 Å². The third kappa shape index (κ3) is 9.37. The molecule has 0 aliphatic rings. The summed E-state index contributed by atoms with van der Waals surface area (Å²) in [5, 5.41) is 3.70. The largest absolute Gasteiger partial charge is 0.352 e. The lowest BCUT2D eigenvalue weighted by Gasteiger charge is -2.34. The SMILES string of the molecule is CC[C@H](C)NC(=O)[C@H](Cc1ccccc1)N(Cc1ccc(Cl)c(Cl)c1)C(=O)CN(c1ccc(C(C)C)cc1)S(=O)(=O)c1ccccc1. The minimum absolute atomic E-state index is 0.00728. The van der Waals surface area contributed by atoms with Gasteiger partial charge >= 0.3 is 0 Å². The summed E-state index contributed by atoms with van der Waals surface area (Å²) in [5.74, 6) is -0.659. The smallest absolute Gasteiger partial charge is 0.264 e. The highest BCUT2D eigenvalue weighted by molar-refractivity contribution is 7.92. The van der Waals surface area contributed by atoms with E-state index < -0.39 is 28.5 Å². The van der Waals surface area contributed by atoms with E-state index in [1.807, 2.05) is 56.3 Å². The number of carbonyl (C=O) groups excluding carboxylic acids is 2. The number of hydrogen-bond donors (Lipinski definition) is 1. The quantitative estimate of drug-likeness (QED) is 0.146. The molecule has 10 heteroatoms. The zero-order valence-electron chi connectivity index (χ0n) is 27.1. The Balaban J connectivity index is 1.82. The molecule has 0 aliphatic heterocycles. The number of sulfonamides is 1. The van der Waals surface area contributed by atoms with Gasteiger partial charge in [0.25, 0.3) is 10.0 Å². The van der Waals surface area contributed by atoms with E-state index in [9.17, 15) is 18.0 Å². The lowest BCUT2D eigenvalue weighted by atomic mass is 10.0. The van der Waals surface area contributed by atoms with Crippen molar-refractivity contribution in [2.75, 3.05) is 10.8 Å². The molecule has 0 bridgehead atoms. The minimum Gasteiger partial charge on any atom is -0.352 e. The summed E-state index contributed by atoms with van der Waals surface area (Å²) in [4.78, 5) is 30.1. The van der Waals surface area contributed by atoms with Crippen LogP contribution in [0.25, 0.3) is 0 Å². The van der Waals surface area contributed by atoms with Crippen LogP contribution < -0.4 is 9.62 Å². The molecule has 0 saturated carbocycles. The van der Waals surface area contributed by atoms with Crippen molar-refractivity contribution < 1.29 is 18.0 Å². The molecule has 4 aromatic carbocycles. The van der Waals surface area contributed by atoms with Crippen LogP contribution in [0, 0.1) is 0 Å². The first-order chi connectivity index (χ1) is 22.4. The lowest BCUT2D eigenvalue weighted by Crippen LogP contribution is -2.54. The molecule has 7 nitrogen and oxygen atoms in total. The molecule has 0 fully saturated rings. The standard InChI is InChI=1S/C37H41Cl2N3O4S/c1-5-27(4)40-37(44)35(23-28-12-8-6-9-13-28)41(24-29-16-21-33(38)34(39)22-29)36(43)25-42(31-19-17-30(18-20-31)26(2)3)47(45,46)32-14-10-7-11-15-32/h6-22,26-27,35H,5,23-25H2,1-4H3,(H,40,44)/t27-,35-/m0/s1. The van der Waals surface area contributed by atoms with Gasteiger partial charge in [-0.05, 0) is 72.4 Å². The molecule has 0 saturated heterocycles. The van der Waals surface area contributed by atoms with Gasteiger partial charge in [-0.15, -0.1) is 0 Å². The summed E-state index contributed by atoms with van der Waals surface area (Å²) < 4.78 is 29.5. The average molecular weight is 695 g/mol.